The second-order valence-corrected chi connectivity index (χ2v) is 7.29. The fourth-order valence-corrected chi connectivity index (χ4v) is 4.03. The molecule has 2 fully saturated rings. The van der Waals surface area contributed by atoms with Gasteiger partial charge in [0.25, 0.3) is 0 Å². The maximum absolute atomic E-state index is 9.64. The molecular weight excluding hydrogens is 307 g/mol. The van der Waals surface area contributed by atoms with Gasteiger partial charge in [-0.05, 0) is 44.9 Å². The highest BCUT2D eigenvalue weighted by Gasteiger charge is 2.46. The first-order chi connectivity index (χ1) is 10.1. The van der Waals surface area contributed by atoms with Crippen molar-refractivity contribution >= 4 is 23.2 Å². The van der Waals surface area contributed by atoms with E-state index >= 15 is 0 Å². The van der Waals surface area contributed by atoms with Gasteiger partial charge < -0.3 is 0 Å². The van der Waals surface area contributed by atoms with Crippen molar-refractivity contribution in [1.29, 1.82) is 10.5 Å². The molecule has 0 aromatic rings. The number of nitrogens with zero attached hydrogens (tertiary/aromatic N) is 4. The SMILES string of the molecule is N#CC1(N=NC2(C#N)CCCCC2C(Cl)Cl)CCCCC1. The molecule has 0 N–H and O–H groups in total. The molecule has 0 spiro atoms. The Hall–Kier alpha value is -0.840. The predicted molar refractivity (Wildman–Crippen MR) is 82.1 cm³/mol. The summed E-state index contributed by atoms with van der Waals surface area (Å²) in [5.74, 6) is -0.206. The van der Waals surface area contributed by atoms with Crippen LogP contribution in [0, 0.1) is 28.6 Å². The molecule has 2 saturated carbocycles. The van der Waals surface area contributed by atoms with Crippen LogP contribution in [0.3, 0.4) is 0 Å². The topological polar surface area (TPSA) is 72.3 Å². The van der Waals surface area contributed by atoms with E-state index in [9.17, 15) is 10.5 Å². The molecule has 4 nitrogen and oxygen atoms in total. The second-order valence-electron chi connectivity index (χ2n) is 6.13. The maximum atomic E-state index is 9.64. The van der Waals surface area contributed by atoms with Crippen LogP contribution >= 0.6 is 23.2 Å². The third-order valence-electron chi connectivity index (χ3n) is 4.74. The third kappa shape index (κ3) is 3.50. The Bertz CT molecular complexity index is 471. The molecule has 21 heavy (non-hydrogen) atoms. The lowest BCUT2D eigenvalue weighted by atomic mass is 9.75. The van der Waals surface area contributed by atoms with Crippen LogP contribution in [0.5, 0.6) is 0 Å². The van der Waals surface area contributed by atoms with Gasteiger partial charge in [0, 0.05) is 5.92 Å². The summed E-state index contributed by atoms with van der Waals surface area (Å²) in [6.45, 7) is 0. The monoisotopic (exact) mass is 326 g/mol. The minimum absolute atomic E-state index is 0.206. The number of alkyl halides is 2. The second kappa shape index (κ2) is 6.95. The minimum atomic E-state index is -0.965. The summed E-state index contributed by atoms with van der Waals surface area (Å²) in [4.78, 5) is -0.631. The summed E-state index contributed by atoms with van der Waals surface area (Å²) in [6.07, 6.45) is 7.89. The standard InChI is InChI=1S/C15H20Cl2N4/c16-13(17)12-6-2-5-9-15(12,11-19)21-20-14(10-18)7-3-1-4-8-14/h12-13H,1-9H2. The number of halogens is 2. The van der Waals surface area contributed by atoms with Crippen LogP contribution in [0.4, 0.5) is 0 Å². The van der Waals surface area contributed by atoms with Crippen molar-refractivity contribution in [3.8, 4) is 12.1 Å². The average Bonchev–Trinajstić information content (AvgIpc) is 2.54. The fraction of sp³-hybridized carbons (Fsp3) is 0.867. The first-order valence-corrected chi connectivity index (χ1v) is 8.49. The molecule has 0 aromatic carbocycles. The summed E-state index contributed by atoms with van der Waals surface area (Å²) in [5.41, 5.74) is -1.72. The number of hydrogen-bond donors (Lipinski definition) is 0. The van der Waals surface area contributed by atoms with Gasteiger partial charge in [0.2, 0.25) is 0 Å². The van der Waals surface area contributed by atoms with Crippen LogP contribution in [0.15, 0.2) is 10.2 Å². The highest BCUT2D eigenvalue weighted by molar-refractivity contribution is 6.44. The Labute approximate surface area is 136 Å². The van der Waals surface area contributed by atoms with Gasteiger partial charge in [0.15, 0.2) is 11.1 Å². The van der Waals surface area contributed by atoms with Crippen LogP contribution in [0.25, 0.3) is 0 Å². The molecule has 0 amide bonds. The average molecular weight is 327 g/mol. The van der Waals surface area contributed by atoms with Gasteiger partial charge in [-0.2, -0.15) is 20.8 Å². The molecular formula is C15H20Cl2N4. The molecule has 2 aliphatic rings. The lowest BCUT2D eigenvalue weighted by molar-refractivity contribution is 0.237. The Morgan fingerprint density at radius 2 is 1.57 bits per heavy atom. The van der Waals surface area contributed by atoms with E-state index in [4.69, 9.17) is 23.2 Å². The van der Waals surface area contributed by atoms with Crippen LogP contribution in [0.2, 0.25) is 0 Å². The van der Waals surface area contributed by atoms with Gasteiger partial charge in [0.05, 0.1) is 12.1 Å². The first kappa shape index (κ1) is 16.5. The van der Waals surface area contributed by atoms with Gasteiger partial charge >= 0.3 is 0 Å². The maximum Gasteiger partial charge on any atom is 0.172 e. The van der Waals surface area contributed by atoms with E-state index in [-0.39, 0.29) is 5.92 Å². The summed E-state index contributed by atoms with van der Waals surface area (Å²) >= 11 is 12.1. The molecule has 2 unspecified atom stereocenters. The summed E-state index contributed by atoms with van der Waals surface area (Å²) in [5, 5.41) is 27.8. The van der Waals surface area contributed by atoms with Gasteiger partial charge in [-0.15, -0.1) is 23.2 Å². The van der Waals surface area contributed by atoms with Crippen molar-refractivity contribution < 1.29 is 0 Å². The van der Waals surface area contributed by atoms with Crippen molar-refractivity contribution in [3.05, 3.63) is 0 Å². The van der Waals surface area contributed by atoms with Crippen molar-refractivity contribution in [2.45, 2.75) is 73.7 Å². The number of rotatable bonds is 3. The summed E-state index contributed by atoms with van der Waals surface area (Å²) in [7, 11) is 0. The zero-order valence-electron chi connectivity index (χ0n) is 12.1. The van der Waals surface area contributed by atoms with Crippen molar-refractivity contribution in [2.24, 2.45) is 16.1 Å². The van der Waals surface area contributed by atoms with Gasteiger partial charge in [-0.1, -0.05) is 12.8 Å². The molecule has 0 bridgehead atoms. The third-order valence-corrected chi connectivity index (χ3v) is 5.35. The van der Waals surface area contributed by atoms with E-state index in [0.717, 1.165) is 51.4 Å². The summed E-state index contributed by atoms with van der Waals surface area (Å²) in [6, 6.07) is 4.60. The van der Waals surface area contributed by atoms with Crippen molar-refractivity contribution in [1.82, 2.24) is 0 Å². The van der Waals surface area contributed by atoms with E-state index in [1.54, 1.807) is 0 Å². The van der Waals surface area contributed by atoms with Crippen LogP contribution < -0.4 is 0 Å². The Kier molecular flexibility index (Phi) is 5.47. The van der Waals surface area contributed by atoms with Crippen molar-refractivity contribution in [3.63, 3.8) is 0 Å². The van der Waals surface area contributed by atoms with E-state index in [1.165, 1.54) is 0 Å². The molecule has 6 heteroatoms. The lowest BCUT2D eigenvalue weighted by Crippen LogP contribution is -2.41. The van der Waals surface area contributed by atoms with E-state index in [2.05, 4.69) is 22.4 Å². The highest BCUT2D eigenvalue weighted by atomic mass is 35.5. The smallest absolute Gasteiger partial charge is 0.172 e. The van der Waals surface area contributed by atoms with Gasteiger partial charge in [-0.3, -0.25) is 0 Å². The van der Waals surface area contributed by atoms with Crippen LogP contribution in [-0.4, -0.2) is 15.9 Å². The first-order valence-electron chi connectivity index (χ1n) is 7.62. The van der Waals surface area contributed by atoms with Crippen LogP contribution in [0.1, 0.15) is 57.8 Å². The molecule has 0 heterocycles. The number of azo groups is 1. The lowest BCUT2D eigenvalue weighted by Gasteiger charge is -2.36. The zero-order valence-corrected chi connectivity index (χ0v) is 13.6. The molecule has 2 rings (SSSR count). The molecule has 2 atom stereocenters. The number of hydrogen-bond acceptors (Lipinski definition) is 4. The highest BCUT2D eigenvalue weighted by Crippen LogP contribution is 2.43. The minimum Gasteiger partial charge on any atom is -0.196 e. The van der Waals surface area contributed by atoms with Crippen molar-refractivity contribution in [2.75, 3.05) is 0 Å². The van der Waals surface area contributed by atoms with Gasteiger partial charge in [0.1, 0.15) is 4.84 Å². The van der Waals surface area contributed by atoms with E-state index in [1.807, 2.05) is 0 Å². The Morgan fingerprint density at radius 1 is 0.905 bits per heavy atom. The quantitative estimate of drug-likeness (QED) is 0.545. The molecule has 0 aliphatic heterocycles. The summed E-state index contributed by atoms with van der Waals surface area (Å²) < 4.78 is 0. The van der Waals surface area contributed by atoms with E-state index < -0.39 is 15.9 Å². The normalized spacial score (nSPS) is 32.7. The zero-order chi connectivity index (χ0) is 15.3. The fourth-order valence-electron chi connectivity index (χ4n) is 3.36. The molecule has 0 radical (unpaired) electrons. The van der Waals surface area contributed by atoms with E-state index in [0.29, 0.717) is 6.42 Å². The Balaban J connectivity index is 2.26. The molecule has 0 saturated heterocycles. The predicted octanol–water partition coefficient (Wildman–Crippen LogP) is 4.92. The largest absolute Gasteiger partial charge is 0.196 e. The molecule has 2 aliphatic carbocycles. The van der Waals surface area contributed by atoms with Crippen LogP contribution in [-0.2, 0) is 0 Å². The number of nitriles is 2. The van der Waals surface area contributed by atoms with Gasteiger partial charge in [-0.25, -0.2) is 0 Å². The Morgan fingerprint density at radius 3 is 2.14 bits per heavy atom. The molecule has 0 aromatic heterocycles. The molecule has 114 valence electrons.